The lowest BCUT2D eigenvalue weighted by atomic mass is 9.96. The monoisotopic (exact) mass is 171 g/mol. The fourth-order valence-corrected chi connectivity index (χ4v) is 1.88. The van der Waals surface area contributed by atoms with E-state index in [0.29, 0.717) is 6.54 Å². The zero-order valence-electron chi connectivity index (χ0n) is 6.67. The Morgan fingerprint density at radius 1 is 1.17 bits per heavy atom. The number of aliphatic hydroxyl groups is 3. The molecule has 2 heterocycles. The van der Waals surface area contributed by atoms with E-state index in [-0.39, 0.29) is 6.04 Å². The lowest BCUT2D eigenvalue weighted by Crippen LogP contribution is -2.58. The van der Waals surface area contributed by atoms with Gasteiger partial charge >= 0.3 is 0 Å². The van der Waals surface area contributed by atoms with Gasteiger partial charge in [0.2, 0.25) is 0 Å². The Bertz CT molecular complexity index is 206. The Balaban J connectivity index is 2.14. The smallest absolute Gasteiger partial charge is 0.109 e. The first-order valence-corrected chi connectivity index (χ1v) is 4.15. The molecular weight excluding hydrogens is 158 g/mol. The molecule has 4 atom stereocenters. The van der Waals surface area contributed by atoms with E-state index in [9.17, 15) is 15.3 Å². The molecule has 0 aromatic rings. The topological polar surface area (TPSA) is 63.9 Å². The predicted octanol–water partition coefficient (Wildman–Crippen LogP) is -1.68. The second-order valence-electron chi connectivity index (χ2n) is 3.42. The maximum Gasteiger partial charge on any atom is 0.109 e. The van der Waals surface area contributed by atoms with Gasteiger partial charge in [0.05, 0.1) is 12.1 Å². The normalized spacial score (nSPS) is 47.9. The molecule has 2 aliphatic heterocycles. The van der Waals surface area contributed by atoms with E-state index in [1.165, 1.54) is 0 Å². The number of rotatable bonds is 0. The number of hydrogen-bond donors (Lipinski definition) is 3. The van der Waals surface area contributed by atoms with E-state index in [4.69, 9.17) is 0 Å². The van der Waals surface area contributed by atoms with Gasteiger partial charge in [0.1, 0.15) is 12.2 Å². The Kier molecular flexibility index (Phi) is 1.92. The minimum atomic E-state index is -1.01. The van der Waals surface area contributed by atoms with Gasteiger partial charge in [0.25, 0.3) is 0 Å². The van der Waals surface area contributed by atoms with Gasteiger partial charge in [0.15, 0.2) is 0 Å². The molecule has 0 amide bonds. The summed E-state index contributed by atoms with van der Waals surface area (Å²) in [5.74, 6) is 0. The largest absolute Gasteiger partial charge is 0.389 e. The highest BCUT2D eigenvalue weighted by molar-refractivity contribution is 5.11. The van der Waals surface area contributed by atoms with Crippen molar-refractivity contribution in [1.82, 2.24) is 4.90 Å². The van der Waals surface area contributed by atoms with Gasteiger partial charge in [-0.1, -0.05) is 12.2 Å². The summed E-state index contributed by atoms with van der Waals surface area (Å²) >= 11 is 0. The summed E-state index contributed by atoms with van der Waals surface area (Å²) < 4.78 is 0. The van der Waals surface area contributed by atoms with Crippen LogP contribution in [0, 0.1) is 0 Å². The number of hydrogen-bond acceptors (Lipinski definition) is 4. The fraction of sp³-hybridized carbons (Fsp3) is 0.750. The standard InChI is InChI=1S/C8H13NO3/c10-6-4-9-3-1-2-5(9)7(11)8(6)12/h1-2,5-8,10-12H,3-4H2. The average Bonchev–Trinajstić information content (AvgIpc) is 2.48. The van der Waals surface area contributed by atoms with Gasteiger partial charge in [-0.05, 0) is 0 Å². The summed E-state index contributed by atoms with van der Waals surface area (Å²) in [6, 6.07) is -0.108. The molecule has 2 aliphatic rings. The second kappa shape index (κ2) is 2.81. The molecule has 1 fully saturated rings. The van der Waals surface area contributed by atoms with E-state index in [2.05, 4.69) is 0 Å². The Hall–Kier alpha value is -0.420. The SMILES string of the molecule is OC1CN2CC=CC2C(O)C1O. The van der Waals surface area contributed by atoms with Gasteiger partial charge in [-0.15, -0.1) is 0 Å². The molecule has 0 radical (unpaired) electrons. The number of piperidine rings is 1. The second-order valence-corrected chi connectivity index (χ2v) is 3.42. The van der Waals surface area contributed by atoms with Crippen molar-refractivity contribution in [2.24, 2.45) is 0 Å². The lowest BCUT2D eigenvalue weighted by molar-refractivity contribution is -0.121. The maximum absolute atomic E-state index is 9.52. The summed E-state index contributed by atoms with van der Waals surface area (Å²) in [4.78, 5) is 1.95. The summed E-state index contributed by atoms with van der Waals surface area (Å²) in [5.41, 5.74) is 0. The molecule has 3 N–H and O–H groups in total. The molecule has 0 spiro atoms. The Morgan fingerprint density at radius 2 is 1.92 bits per heavy atom. The van der Waals surface area contributed by atoms with Crippen molar-refractivity contribution < 1.29 is 15.3 Å². The molecule has 0 aromatic carbocycles. The first kappa shape index (κ1) is 8.19. The van der Waals surface area contributed by atoms with Gasteiger partial charge in [-0.3, -0.25) is 4.90 Å². The molecule has 0 aliphatic carbocycles. The van der Waals surface area contributed by atoms with Gasteiger partial charge in [-0.25, -0.2) is 0 Å². The van der Waals surface area contributed by atoms with Gasteiger partial charge < -0.3 is 15.3 Å². The van der Waals surface area contributed by atoms with Crippen LogP contribution in [-0.4, -0.2) is 57.7 Å². The van der Waals surface area contributed by atoms with E-state index in [1.54, 1.807) is 0 Å². The van der Waals surface area contributed by atoms with Crippen LogP contribution < -0.4 is 0 Å². The van der Waals surface area contributed by atoms with Crippen LogP contribution in [-0.2, 0) is 0 Å². The molecule has 4 unspecified atom stereocenters. The van der Waals surface area contributed by atoms with Crippen molar-refractivity contribution in [3.8, 4) is 0 Å². The summed E-state index contributed by atoms with van der Waals surface area (Å²) in [7, 11) is 0. The quantitative estimate of drug-likeness (QED) is 0.381. The highest BCUT2D eigenvalue weighted by atomic mass is 16.4. The molecule has 1 saturated heterocycles. The number of aliphatic hydroxyl groups excluding tert-OH is 3. The zero-order valence-corrected chi connectivity index (χ0v) is 6.67. The van der Waals surface area contributed by atoms with Crippen molar-refractivity contribution in [2.75, 3.05) is 13.1 Å². The third-order valence-corrected chi connectivity index (χ3v) is 2.61. The molecule has 68 valence electrons. The summed E-state index contributed by atoms with van der Waals surface area (Å²) in [5, 5.41) is 28.2. The van der Waals surface area contributed by atoms with Crippen LogP contribution in [0.2, 0.25) is 0 Å². The molecule has 12 heavy (non-hydrogen) atoms. The maximum atomic E-state index is 9.52. The molecular formula is C8H13NO3. The molecule has 0 bridgehead atoms. The van der Waals surface area contributed by atoms with Gasteiger partial charge in [-0.2, -0.15) is 0 Å². The van der Waals surface area contributed by atoms with Crippen LogP contribution in [0.3, 0.4) is 0 Å². The van der Waals surface area contributed by atoms with E-state index >= 15 is 0 Å². The van der Waals surface area contributed by atoms with Gasteiger partial charge in [0, 0.05) is 13.1 Å². The Labute approximate surface area is 70.7 Å². The van der Waals surface area contributed by atoms with Crippen molar-refractivity contribution >= 4 is 0 Å². The molecule has 2 rings (SSSR count). The minimum Gasteiger partial charge on any atom is -0.389 e. The highest BCUT2D eigenvalue weighted by Crippen LogP contribution is 2.22. The fourth-order valence-electron chi connectivity index (χ4n) is 1.88. The first-order chi connectivity index (χ1) is 5.70. The van der Waals surface area contributed by atoms with Crippen molar-refractivity contribution in [3.63, 3.8) is 0 Å². The number of nitrogens with zero attached hydrogens (tertiary/aromatic N) is 1. The van der Waals surface area contributed by atoms with Crippen LogP contribution in [0.4, 0.5) is 0 Å². The van der Waals surface area contributed by atoms with Crippen molar-refractivity contribution in [2.45, 2.75) is 24.4 Å². The Morgan fingerprint density at radius 3 is 2.67 bits per heavy atom. The van der Waals surface area contributed by atoms with Crippen LogP contribution >= 0.6 is 0 Å². The third-order valence-electron chi connectivity index (χ3n) is 2.61. The van der Waals surface area contributed by atoms with Crippen LogP contribution in [0.25, 0.3) is 0 Å². The lowest BCUT2D eigenvalue weighted by Gasteiger charge is -2.39. The molecule has 4 nitrogen and oxygen atoms in total. The molecule has 0 aromatic heterocycles. The number of fused-ring (bicyclic) bond motifs is 1. The van der Waals surface area contributed by atoms with Crippen LogP contribution in [0.5, 0.6) is 0 Å². The van der Waals surface area contributed by atoms with E-state index in [0.717, 1.165) is 6.54 Å². The molecule has 0 saturated carbocycles. The van der Waals surface area contributed by atoms with E-state index < -0.39 is 18.3 Å². The van der Waals surface area contributed by atoms with Crippen LogP contribution in [0.15, 0.2) is 12.2 Å². The van der Waals surface area contributed by atoms with Crippen LogP contribution in [0.1, 0.15) is 0 Å². The zero-order chi connectivity index (χ0) is 8.72. The first-order valence-electron chi connectivity index (χ1n) is 4.15. The highest BCUT2D eigenvalue weighted by Gasteiger charge is 2.41. The third kappa shape index (κ3) is 1.08. The van der Waals surface area contributed by atoms with E-state index in [1.807, 2.05) is 17.1 Å². The van der Waals surface area contributed by atoms with Crippen molar-refractivity contribution in [3.05, 3.63) is 12.2 Å². The molecule has 4 heteroatoms. The summed E-state index contributed by atoms with van der Waals surface area (Å²) in [6.07, 6.45) is 1.14. The minimum absolute atomic E-state index is 0.108. The summed E-state index contributed by atoms with van der Waals surface area (Å²) in [6.45, 7) is 1.20. The van der Waals surface area contributed by atoms with Crippen molar-refractivity contribution in [1.29, 1.82) is 0 Å². The average molecular weight is 171 g/mol. The predicted molar refractivity (Wildman–Crippen MR) is 42.5 cm³/mol.